The van der Waals surface area contributed by atoms with Gasteiger partial charge in [0.15, 0.2) is 11.5 Å². The molecule has 2 N–H and O–H groups in total. The highest BCUT2D eigenvalue weighted by atomic mass is 32.2. The van der Waals surface area contributed by atoms with Gasteiger partial charge in [-0.15, -0.1) is 0 Å². The number of rotatable bonds is 5. The highest BCUT2D eigenvalue weighted by Gasteiger charge is 2.44. The summed E-state index contributed by atoms with van der Waals surface area (Å²) in [4.78, 5) is 8.75. The van der Waals surface area contributed by atoms with Crippen LogP contribution in [0.25, 0.3) is 0 Å². The molecule has 38 heavy (non-hydrogen) atoms. The van der Waals surface area contributed by atoms with Gasteiger partial charge in [-0.3, -0.25) is 0 Å². The summed E-state index contributed by atoms with van der Waals surface area (Å²) in [6.07, 6.45) is 0.676. The molecule has 1 fully saturated rings. The number of nitrogens with zero attached hydrogens (tertiary/aromatic N) is 3. The molecule has 8 nitrogen and oxygen atoms in total. The minimum Gasteiger partial charge on any atom is -0.453 e. The van der Waals surface area contributed by atoms with Crippen LogP contribution in [-0.4, -0.2) is 49.8 Å². The molecule has 2 aliphatic rings. The van der Waals surface area contributed by atoms with Crippen molar-refractivity contribution in [2.75, 3.05) is 22.9 Å². The molecule has 1 aromatic heterocycles. The fourth-order valence-electron chi connectivity index (χ4n) is 5.17. The summed E-state index contributed by atoms with van der Waals surface area (Å²) in [6, 6.07) is 26.3. The molecule has 0 amide bonds. The second-order valence-electron chi connectivity index (χ2n) is 9.60. The predicted molar refractivity (Wildman–Crippen MR) is 147 cm³/mol. The van der Waals surface area contributed by atoms with Crippen LogP contribution >= 0.6 is 0 Å². The number of hydrogen-bond acceptors (Lipinski definition) is 7. The minimum absolute atomic E-state index is 0.156. The highest BCUT2D eigenvalue weighted by Crippen LogP contribution is 2.48. The Kier molecular flexibility index (Phi) is 6.27. The zero-order chi connectivity index (χ0) is 26.3. The van der Waals surface area contributed by atoms with Crippen molar-refractivity contribution in [1.82, 2.24) is 9.71 Å². The molecule has 0 unspecified atom stereocenters. The number of para-hydroxylation sites is 4. The van der Waals surface area contributed by atoms with Gasteiger partial charge in [0.1, 0.15) is 5.82 Å². The topological polar surface area (TPSA) is 95.0 Å². The van der Waals surface area contributed by atoms with Crippen molar-refractivity contribution in [3.8, 4) is 11.5 Å². The molecule has 9 heteroatoms. The summed E-state index contributed by atoms with van der Waals surface area (Å²) in [6.45, 7) is 2.58. The molecule has 194 valence electrons. The van der Waals surface area contributed by atoms with Crippen LogP contribution in [0.1, 0.15) is 5.56 Å². The van der Waals surface area contributed by atoms with E-state index in [0.717, 1.165) is 16.9 Å². The number of sulfonamides is 1. The number of anilines is 3. The molecule has 0 spiro atoms. The number of hydrogen-bond donors (Lipinski definition) is 2. The molecule has 4 aromatic rings. The zero-order valence-corrected chi connectivity index (χ0v) is 21.6. The van der Waals surface area contributed by atoms with Gasteiger partial charge in [-0.1, -0.05) is 48.0 Å². The number of ether oxygens (including phenoxy) is 1. The maximum absolute atomic E-state index is 13.4. The molecule has 0 radical (unpaired) electrons. The lowest BCUT2D eigenvalue weighted by molar-refractivity contribution is 0.0975. The van der Waals surface area contributed by atoms with Crippen LogP contribution in [0.4, 0.5) is 17.2 Å². The van der Waals surface area contributed by atoms with E-state index in [4.69, 9.17) is 4.74 Å². The van der Waals surface area contributed by atoms with Crippen LogP contribution in [-0.2, 0) is 10.0 Å². The summed E-state index contributed by atoms with van der Waals surface area (Å²) in [7, 11) is -3.89. The van der Waals surface area contributed by atoms with Crippen LogP contribution in [0.5, 0.6) is 11.5 Å². The van der Waals surface area contributed by atoms with Gasteiger partial charge >= 0.3 is 0 Å². The van der Waals surface area contributed by atoms with Gasteiger partial charge in [0.25, 0.3) is 0 Å². The second kappa shape index (κ2) is 9.75. The average Bonchev–Trinajstić information content (AvgIpc) is 2.93. The fourth-order valence-corrected chi connectivity index (χ4v) is 6.41. The number of piperidine rings is 1. The molecule has 0 bridgehead atoms. The van der Waals surface area contributed by atoms with E-state index in [1.54, 1.807) is 30.5 Å². The van der Waals surface area contributed by atoms with Crippen molar-refractivity contribution >= 4 is 27.2 Å². The number of aliphatic hydroxyl groups excluding tert-OH is 1. The van der Waals surface area contributed by atoms with Gasteiger partial charge in [-0.05, 0) is 55.5 Å². The monoisotopic (exact) mass is 528 g/mol. The number of aliphatic hydroxyl groups is 1. The van der Waals surface area contributed by atoms with Gasteiger partial charge < -0.3 is 19.6 Å². The molecule has 3 heterocycles. The van der Waals surface area contributed by atoms with Crippen LogP contribution in [0, 0.1) is 6.92 Å². The summed E-state index contributed by atoms with van der Waals surface area (Å²) >= 11 is 0. The number of aryl methyl sites for hydroxylation is 1. The molecular weight excluding hydrogens is 500 g/mol. The first-order valence-corrected chi connectivity index (χ1v) is 14.0. The number of pyridine rings is 1. The van der Waals surface area contributed by atoms with Crippen molar-refractivity contribution in [2.45, 2.75) is 30.0 Å². The Balaban J connectivity index is 1.42. The summed E-state index contributed by atoms with van der Waals surface area (Å²) < 4.78 is 35.7. The minimum atomic E-state index is -3.89. The third-order valence-corrected chi connectivity index (χ3v) is 8.55. The third-order valence-electron chi connectivity index (χ3n) is 7.04. The quantitative estimate of drug-likeness (QED) is 0.400. The maximum Gasteiger partial charge on any atom is 0.240 e. The van der Waals surface area contributed by atoms with Crippen LogP contribution < -0.4 is 19.3 Å². The fraction of sp³-hybridized carbons (Fsp3) is 0.207. The molecule has 3 atom stereocenters. The number of fused-ring (bicyclic) bond motifs is 2. The first kappa shape index (κ1) is 24.4. The molecular formula is C29H28N4O4S. The van der Waals surface area contributed by atoms with Crippen molar-refractivity contribution in [3.05, 3.63) is 103 Å². The van der Waals surface area contributed by atoms with E-state index in [1.807, 2.05) is 78.6 Å². The SMILES string of the molecule is Cc1ccc(S(=O)(=O)N[C@@H]2CN(c3ccccn3)C[C@H](N3c4ccccc4Oc4ccccc43)[C@H]2O)cc1. The Bertz CT molecular complexity index is 1500. The Morgan fingerprint density at radius 3 is 2.13 bits per heavy atom. The lowest BCUT2D eigenvalue weighted by atomic mass is 9.94. The van der Waals surface area contributed by atoms with E-state index in [0.29, 0.717) is 23.9 Å². The highest BCUT2D eigenvalue weighted by molar-refractivity contribution is 7.89. The molecule has 0 saturated carbocycles. The largest absolute Gasteiger partial charge is 0.453 e. The number of aromatic nitrogens is 1. The van der Waals surface area contributed by atoms with E-state index < -0.39 is 28.2 Å². The molecule has 2 aliphatic heterocycles. The normalized spacial score (nSPS) is 20.8. The number of nitrogens with one attached hydrogen (secondary N) is 1. The van der Waals surface area contributed by atoms with Crippen molar-refractivity contribution in [2.24, 2.45) is 0 Å². The Hall–Kier alpha value is -3.92. The lowest BCUT2D eigenvalue weighted by Crippen LogP contribution is -2.65. The summed E-state index contributed by atoms with van der Waals surface area (Å²) in [5.74, 6) is 2.05. The molecule has 0 aliphatic carbocycles. The van der Waals surface area contributed by atoms with Crippen LogP contribution in [0.3, 0.4) is 0 Å². The third kappa shape index (κ3) is 4.49. The van der Waals surface area contributed by atoms with Crippen molar-refractivity contribution in [3.63, 3.8) is 0 Å². The summed E-state index contributed by atoms with van der Waals surface area (Å²) in [5, 5.41) is 11.8. The van der Waals surface area contributed by atoms with E-state index in [2.05, 4.69) is 14.6 Å². The standard InChI is InChI=1S/C29H28N4O4S/c1-20-13-15-21(16-14-20)38(35,36)31-22-18-32(28-12-6-7-17-30-28)19-25(29(22)34)33-23-8-2-4-10-26(23)37-27-11-5-3-9-24(27)33/h2-17,22,25,29,31,34H,18-19H2,1H3/t22-,25+,29+/m1/s1. The molecule has 1 saturated heterocycles. The average molecular weight is 529 g/mol. The van der Waals surface area contributed by atoms with Gasteiger partial charge in [-0.2, -0.15) is 0 Å². The molecule has 6 rings (SSSR count). The zero-order valence-electron chi connectivity index (χ0n) is 20.8. The summed E-state index contributed by atoms with van der Waals surface area (Å²) in [5.41, 5.74) is 2.57. The lowest BCUT2D eigenvalue weighted by Gasteiger charge is -2.48. The number of benzene rings is 3. The van der Waals surface area contributed by atoms with Gasteiger partial charge in [-0.25, -0.2) is 18.1 Å². The van der Waals surface area contributed by atoms with Crippen LogP contribution in [0.2, 0.25) is 0 Å². The maximum atomic E-state index is 13.4. The molecule has 3 aromatic carbocycles. The Morgan fingerprint density at radius 1 is 0.868 bits per heavy atom. The van der Waals surface area contributed by atoms with E-state index in [-0.39, 0.29) is 11.4 Å². The first-order valence-electron chi connectivity index (χ1n) is 12.5. The first-order chi connectivity index (χ1) is 18.4. The smallest absolute Gasteiger partial charge is 0.240 e. The predicted octanol–water partition coefficient (Wildman–Crippen LogP) is 4.23. The van der Waals surface area contributed by atoms with Crippen LogP contribution in [0.15, 0.2) is 102 Å². The second-order valence-corrected chi connectivity index (χ2v) is 11.3. The van der Waals surface area contributed by atoms with Crippen molar-refractivity contribution in [1.29, 1.82) is 0 Å². The van der Waals surface area contributed by atoms with E-state index in [9.17, 15) is 13.5 Å². The van der Waals surface area contributed by atoms with Gasteiger partial charge in [0.2, 0.25) is 10.0 Å². The van der Waals surface area contributed by atoms with Gasteiger partial charge in [0.05, 0.1) is 34.5 Å². The Morgan fingerprint density at radius 2 is 1.50 bits per heavy atom. The Labute approximate surface area is 222 Å². The van der Waals surface area contributed by atoms with E-state index in [1.165, 1.54) is 0 Å². The van der Waals surface area contributed by atoms with E-state index >= 15 is 0 Å². The van der Waals surface area contributed by atoms with Crippen molar-refractivity contribution < 1.29 is 18.3 Å². The van der Waals surface area contributed by atoms with Gasteiger partial charge in [0, 0.05) is 19.3 Å².